The smallest absolute Gasteiger partial charge is 0.315 e. The topological polar surface area (TPSA) is 53.6 Å². The lowest BCUT2D eigenvalue weighted by molar-refractivity contribution is 0.0167. The molecule has 1 atom stereocenters. The zero-order valence-corrected chi connectivity index (χ0v) is 14.7. The van der Waals surface area contributed by atoms with E-state index >= 15 is 0 Å². The summed E-state index contributed by atoms with van der Waals surface area (Å²) in [6, 6.07) is 16.2. The second-order valence-corrected chi connectivity index (χ2v) is 6.26. The molecule has 0 bridgehead atoms. The van der Waals surface area contributed by atoms with Gasteiger partial charge in [0.15, 0.2) is 0 Å². The highest BCUT2D eigenvalue weighted by Crippen LogP contribution is 2.20. The number of morpholine rings is 1. The van der Waals surface area contributed by atoms with Crippen LogP contribution in [0.2, 0.25) is 0 Å². The van der Waals surface area contributed by atoms with Crippen molar-refractivity contribution in [2.75, 3.05) is 32.8 Å². The van der Waals surface area contributed by atoms with Gasteiger partial charge in [0.1, 0.15) is 5.82 Å². The third-order valence-corrected chi connectivity index (χ3v) is 4.49. The Labute approximate surface area is 153 Å². The minimum atomic E-state index is -0.283. The fraction of sp³-hybridized carbons (Fsp3) is 0.350. The number of hydrogen-bond donors (Lipinski definition) is 2. The molecular formula is C20H24FN3O2. The third kappa shape index (κ3) is 5.28. The molecule has 0 radical (unpaired) electrons. The van der Waals surface area contributed by atoms with Gasteiger partial charge in [-0.15, -0.1) is 0 Å². The average molecular weight is 357 g/mol. The van der Waals surface area contributed by atoms with Crippen LogP contribution in [0.4, 0.5) is 9.18 Å². The van der Waals surface area contributed by atoms with E-state index in [9.17, 15) is 9.18 Å². The number of amides is 2. The standard InChI is InChI=1S/C20H24FN3O2/c21-18-8-6-16(7-9-18)14-22-20(25)23-15-19(17-4-2-1-3-5-17)24-10-12-26-13-11-24/h1-9,19H,10-15H2,(H2,22,23,25). The van der Waals surface area contributed by atoms with E-state index in [4.69, 9.17) is 4.74 Å². The van der Waals surface area contributed by atoms with Gasteiger partial charge in [-0.2, -0.15) is 0 Å². The minimum Gasteiger partial charge on any atom is -0.379 e. The second-order valence-electron chi connectivity index (χ2n) is 6.26. The molecule has 2 amide bonds. The first-order valence-corrected chi connectivity index (χ1v) is 8.85. The Morgan fingerprint density at radius 1 is 1.04 bits per heavy atom. The third-order valence-electron chi connectivity index (χ3n) is 4.49. The fourth-order valence-corrected chi connectivity index (χ4v) is 3.06. The van der Waals surface area contributed by atoms with E-state index in [0.29, 0.717) is 26.3 Å². The Hall–Kier alpha value is -2.44. The number of benzene rings is 2. The maximum atomic E-state index is 12.9. The lowest BCUT2D eigenvalue weighted by atomic mass is 10.0. The number of rotatable bonds is 6. The van der Waals surface area contributed by atoms with Crippen LogP contribution in [-0.2, 0) is 11.3 Å². The lowest BCUT2D eigenvalue weighted by Crippen LogP contribution is -2.45. The van der Waals surface area contributed by atoms with Gasteiger partial charge < -0.3 is 15.4 Å². The summed E-state index contributed by atoms with van der Waals surface area (Å²) in [6.07, 6.45) is 0. The number of ether oxygens (including phenoxy) is 1. The van der Waals surface area contributed by atoms with E-state index < -0.39 is 0 Å². The van der Waals surface area contributed by atoms with Crippen LogP contribution >= 0.6 is 0 Å². The first kappa shape index (κ1) is 18.4. The summed E-state index contributed by atoms with van der Waals surface area (Å²) >= 11 is 0. The predicted molar refractivity (Wildman–Crippen MR) is 98.2 cm³/mol. The van der Waals surface area contributed by atoms with Crippen molar-refractivity contribution in [3.8, 4) is 0 Å². The molecule has 2 aromatic rings. The molecule has 3 rings (SSSR count). The Morgan fingerprint density at radius 3 is 2.42 bits per heavy atom. The Bertz CT molecular complexity index is 688. The summed E-state index contributed by atoms with van der Waals surface area (Å²) in [4.78, 5) is 14.5. The molecule has 26 heavy (non-hydrogen) atoms. The molecule has 1 unspecified atom stereocenters. The maximum absolute atomic E-state index is 12.9. The van der Waals surface area contributed by atoms with E-state index in [1.807, 2.05) is 18.2 Å². The largest absolute Gasteiger partial charge is 0.379 e. The molecule has 0 spiro atoms. The van der Waals surface area contributed by atoms with Gasteiger partial charge in [0, 0.05) is 26.2 Å². The average Bonchev–Trinajstić information content (AvgIpc) is 2.69. The summed E-state index contributed by atoms with van der Waals surface area (Å²) < 4.78 is 18.4. The highest BCUT2D eigenvalue weighted by molar-refractivity contribution is 5.73. The van der Waals surface area contributed by atoms with Gasteiger partial charge >= 0.3 is 6.03 Å². The SMILES string of the molecule is O=C(NCc1ccc(F)cc1)NCC(c1ccccc1)N1CCOCC1. The number of urea groups is 1. The summed E-state index contributed by atoms with van der Waals surface area (Å²) in [5.41, 5.74) is 2.03. The predicted octanol–water partition coefficient (Wildman–Crippen LogP) is 2.70. The Kier molecular flexibility index (Phi) is 6.57. The van der Waals surface area contributed by atoms with Crippen molar-refractivity contribution in [3.05, 3.63) is 71.5 Å². The first-order chi connectivity index (χ1) is 12.7. The molecule has 6 heteroatoms. The van der Waals surface area contributed by atoms with Gasteiger partial charge in [-0.05, 0) is 23.3 Å². The van der Waals surface area contributed by atoms with E-state index in [-0.39, 0.29) is 17.9 Å². The van der Waals surface area contributed by atoms with Gasteiger partial charge in [-0.3, -0.25) is 4.90 Å². The number of nitrogens with one attached hydrogen (secondary N) is 2. The van der Waals surface area contributed by atoms with Crippen molar-refractivity contribution >= 4 is 6.03 Å². The maximum Gasteiger partial charge on any atom is 0.315 e. The van der Waals surface area contributed by atoms with Crippen molar-refractivity contribution in [1.82, 2.24) is 15.5 Å². The van der Waals surface area contributed by atoms with Crippen molar-refractivity contribution < 1.29 is 13.9 Å². The molecule has 0 saturated carbocycles. The highest BCUT2D eigenvalue weighted by Gasteiger charge is 2.22. The normalized spacial score (nSPS) is 16.0. The van der Waals surface area contributed by atoms with E-state index in [2.05, 4.69) is 27.7 Å². The van der Waals surface area contributed by atoms with Crippen LogP contribution in [0.5, 0.6) is 0 Å². The van der Waals surface area contributed by atoms with Crippen LogP contribution in [-0.4, -0.2) is 43.8 Å². The van der Waals surface area contributed by atoms with Gasteiger partial charge in [0.2, 0.25) is 0 Å². The molecule has 2 N–H and O–H groups in total. The van der Waals surface area contributed by atoms with Gasteiger partial charge in [-0.25, -0.2) is 9.18 Å². The fourth-order valence-electron chi connectivity index (χ4n) is 3.06. The second kappa shape index (κ2) is 9.31. The van der Waals surface area contributed by atoms with Crippen molar-refractivity contribution in [2.24, 2.45) is 0 Å². The van der Waals surface area contributed by atoms with Gasteiger partial charge in [0.05, 0.1) is 19.3 Å². The molecule has 0 aliphatic carbocycles. The van der Waals surface area contributed by atoms with Gasteiger partial charge in [0.25, 0.3) is 0 Å². The van der Waals surface area contributed by atoms with Crippen molar-refractivity contribution in [2.45, 2.75) is 12.6 Å². The number of halogens is 1. The first-order valence-electron chi connectivity index (χ1n) is 8.85. The van der Waals surface area contributed by atoms with Crippen LogP contribution in [0.3, 0.4) is 0 Å². The molecule has 1 heterocycles. The summed E-state index contributed by atoms with van der Waals surface area (Å²) in [5, 5.41) is 5.77. The van der Waals surface area contributed by atoms with Crippen LogP contribution in [0.1, 0.15) is 17.2 Å². The molecule has 0 aromatic heterocycles. The van der Waals surface area contributed by atoms with E-state index in [1.54, 1.807) is 12.1 Å². The number of carbonyl (C=O) groups is 1. The summed E-state index contributed by atoms with van der Waals surface area (Å²) in [5.74, 6) is -0.283. The zero-order chi connectivity index (χ0) is 18.2. The minimum absolute atomic E-state index is 0.108. The van der Waals surface area contributed by atoms with Gasteiger partial charge in [-0.1, -0.05) is 42.5 Å². The van der Waals surface area contributed by atoms with Crippen molar-refractivity contribution in [1.29, 1.82) is 0 Å². The van der Waals surface area contributed by atoms with Crippen LogP contribution in [0, 0.1) is 5.82 Å². The number of hydrogen-bond acceptors (Lipinski definition) is 3. The monoisotopic (exact) mass is 357 g/mol. The Morgan fingerprint density at radius 2 is 1.73 bits per heavy atom. The summed E-state index contributed by atoms with van der Waals surface area (Å²) in [7, 11) is 0. The summed E-state index contributed by atoms with van der Waals surface area (Å²) in [6.45, 7) is 3.98. The molecular weight excluding hydrogens is 333 g/mol. The van der Waals surface area contributed by atoms with E-state index in [1.165, 1.54) is 17.7 Å². The molecule has 1 aliphatic heterocycles. The lowest BCUT2D eigenvalue weighted by Gasteiger charge is -2.34. The molecule has 138 valence electrons. The quantitative estimate of drug-likeness (QED) is 0.836. The zero-order valence-electron chi connectivity index (χ0n) is 14.7. The number of carbonyl (C=O) groups excluding carboxylic acids is 1. The van der Waals surface area contributed by atoms with Crippen LogP contribution in [0.25, 0.3) is 0 Å². The molecule has 1 aliphatic rings. The molecule has 1 fully saturated rings. The molecule has 2 aromatic carbocycles. The molecule has 1 saturated heterocycles. The Balaban J connectivity index is 1.54. The highest BCUT2D eigenvalue weighted by atomic mass is 19.1. The molecule has 5 nitrogen and oxygen atoms in total. The van der Waals surface area contributed by atoms with Crippen LogP contribution < -0.4 is 10.6 Å². The van der Waals surface area contributed by atoms with Crippen LogP contribution in [0.15, 0.2) is 54.6 Å². The number of nitrogens with zero attached hydrogens (tertiary/aromatic N) is 1. The van der Waals surface area contributed by atoms with E-state index in [0.717, 1.165) is 18.7 Å². The van der Waals surface area contributed by atoms with Crippen molar-refractivity contribution in [3.63, 3.8) is 0 Å².